The lowest BCUT2D eigenvalue weighted by molar-refractivity contribution is 0.0926. The number of phenols is 2. The number of ether oxygens (including phenoxy) is 2. The molecule has 3 N–H and O–H groups in total. The third-order valence-corrected chi connectivity index (χ3v) is 4.53. The van der Waals surface area contributed by atoms with Crippen molar-refractivity contribution in [3.05, 3.63) is 71.7 Å². The first-order chi connectivity index (χ1) is 14.0. The van der Waals surface area contributed by atoms with Gasteiger partial charge in [0.1, 0.15) is 29.1 Å². The van der Waals surface area contributed by atoms with E-state index in [1.165, 1.54) is 25.5 Å². The van der Waals surface area contributed by atoms with Gasteiger partial charge in [-0.3, -0.25) is 4.79 Å². The molecule has 8 heteroatoms. The average molecular weight is 394 g/mol. The molecule has 29 heavy (non-hydrogen) atoms. The molecule has 0 unspecified atom stereocenters. The first-order valence-corrected chi connectivity index (χ1v) is 8.82. The number of carbonyl (C=O) groups is 1. The van der Waals surface area contributed by atoms with Gasteiger partial charge >= 0.3 is 5.91 Å². The van der Waals surface area contributed by atoms with Crippen LogP contribution in [-0.2, 0) is 0 Å². The van der Waals surface area contributed by atoms with Crippen molar-refractivity contribution in [1.29, 1.82) is 0 Å². The number of fused-ring (bicyclic) bond motifs is 1. The second-order valence-corrected chi connectivity index (χ2v) is 6.40. The number of aromatic hydroxyl groups is 2. The number of rotatable bonds is 4. The van der Waals surface area contributed by atoms with E-state index in [0.29, 0.717) is 22.8 Å². The third-order valence-electron chi connectivity index (χ3n) is 4.53. The number of furan rings is 1. The summed E-state index contributed by atoms with van der Waals surface area (Å²) < 4.78 is 16.3. The molecule has 0 fully saturated rings. The van der Waals surface area contributed by atoms with Crippen LogP contribution in [0.3, 0.4) is 0 Å². The van der Waals surface area contributed by atoms with Crippen LogP contribution in [0.2, 0.25) is 0 Å². The largest absolute Gasteiger partial charge is 0.508 e. The molecule has 3 aromatic rings. The van der Waals surface area contributed by atoms with Crippen LogP contribution < -0.4 is 14.9 Å². The molecule has 1 aliphatic rings. The van der Waals surface area contributed by atoms with E-state index >= 15 is 0 Å². The van der Waals surface area contributed by atoms with Crippen LogP contribution >= 0.6 is 0 Å². The van der Waals surface area contributed by atoms with E-state index in [9.17, 15) is 15.0 Å². The molecule has 0 aliphatic carbocycles. The van der Waals surface area contributed by atoms with E-state index in [-0.39, 0.29) is 23.7 Å². The maximum absolute atomic E-state index is 12.2. The molecule has 2 aromatic carbocycles. The summed E-state index contributed by atoms with van der Waals surface area (Å²) in [6, 6.07) is 12.8. The maximum Gasteiger partial charge on any atom is 0.307 e. The fourth-order valence-corrected chi connectivity index (χ4v) is 3.11. The van der Waals surface area contributed by atoms with Crippen molar-refractivity contribution in [2.45, 2.75) is 12.5 Å². The number of hydrazone groups is 1. The summed E-state index contributed by atoms with van der Waals surface area (Å²) in [6.45, 7) is 0. The highest BCUT2D eigenvalue weighted by Crippen LogP contribution is 2.42. The van der Waals surface area contributed by atoms with Crippen LogP contribution in [0.25, 0.3) is 0 Å². The van der Waals surface area contributed by atoms with Gasteiger partial charge in [-0.2, -0.15) is 5.10 Å². The van der Waals surface area contributed by atoms with Crippen LogP contribution in [0.15, 0.2) is 64.3 Å². The zero-order valence-corrected chi connectivity index (χ0v) is 15.5. The Morgan fingerprint density at radius 2 is 2.00 bits per heavy atom. The fourth-order valence-electron chi connectivity index (χ4n) is 3.11. The number of methoxy groups -OCH3 is 1. The standard InChI is InChI=1S/C21H18N2O6/c1-27-14-9-16(25)20-15(22-23-21(26)17-3-2-8-28-17)11-18(29-19(20)10-14)12-4-6-13(24)7-5-12/h2-10,18,24-25H,11H2,1H3,(H,23,26)/b22-15+/t18-/m0/s1. The maximum atomic E-state index is 12.2. The first kappa shape index (κ1) is 18.4. The zero-order valence-electron chi connectivity index (χ0n) is 15.5. The number of phenolic OH excluding ortho intramolecular Hbond substituents is 2. The Hall–Kier alpha value is -3.94. The molecule has 4 rings (SSSR count). The van der Waals surface area contributed by atoms with Gasteiger partial charge in [-0.15, -0.1) is 0 Å². The van der Waals surface area contributed by atoms with Gasteiger partial charge in [0.05, 0.1) is 24.6 Å². The van der Waals surface area contributed by atoms with Crippen molar-refractivity contribution in [2.75, 3.05) is 7.11 Å². The molecule has 1 aromatic heterocycles. The smallest absolute Gasteiger partial charge is 0.307 e. The topological polar surface area (TPSA) is 114 Å². The summed E-state index contributed by atoms with van der Waals surface area (Å²) in [7, 11) is 1.49. The normalized spacial score (nSPS) is 16.7. The summed E-state index contributed by atoms with van der Waals surface area (Å²) in [5.41, 5.74) is 4.07. The van der Waals surface area contributed by atoms with Crippen LogP contribution in [-0.4, -0.2) is 28.9 Å². The molecule has 8 nitrogen and oxygen atoms in total. The minimum atomic E-state index is -0.510. The highest BCUT2D eigenvalue weighted by molar-refractivity contribution is 6.07. The van der Waals surface area contributed by atoms with Crippen molar-refractivity contribution in [3.8, 4) is 23.0 Å². The lowest BCUT2D eigenvalue weighted by atomic mass is 9.94. The van der Waals surface area contributed by atoms with Crippen LogP contribution in [0, 0.1) is 0 Å². The molecule has 0 saturated heterocycles. The predicted octanol–water partition coefficient (Wildman–Crippen LogP) is 3.36. The quantitative estimate of drug-likeness (QED) is 0.585. The van der Waals surface area contributed by atoms with Crippen molar-refractivity contribution in [1.82, 2.24) is 5.43 Å². The van der Waals surface area contributed by atoms with Gasteiger partial charge in [0, 0.05) is 18.6 Å². The SMILES string of the molecule is COc1cc(O)c2c(c1)O[C@H](c1ccc(O)cc1)C/C2=N\NC(=O)c1ccco1. The van der Waals surface area contributed by atoms with Gasteiger partial charge < -0.3 is 24.1 Å². The van der Waals surface area contributed by atoms with E-state index in [1.807, 2.05) is 0 Å². The van der Waals surface area contributed by atoms with E-state index in [1.54, 1.807) is 36.4 Å². The van der Waals surface area contributed by atoms with Crippen LogP contribution in [0.5, 0.6) is 23.0 Å². The average Bonchev–Trinajstić information content (AvgIpc) is 3.26. The van der Waals surface area contributed by atoms with Crippen molar-refractivity contribution >= 4 is 11.6 Å². The fraction of sp³-hybridized carbons (Fsp3) is 0.143. The Balaban J connectivity index is 1.71. The van der Waals surface area contributed by atoms with Crippen molar-refractivity contribution in [2.24, 2.45) is 5.10 Å². The Morgan fingerprint density at radius 1 is 1.21 bits per heavy atom. The van der Waals surface area contributed by atoms with Gasteiger partial charge in [0.25, 0.3) is 0 Å². The van der Waals surface area contributed by atoms with Crippen molar-refractivity contribution < 1.29 is 28.9 Å². The van der Waals surface area contributed by atoms with Crippen LogP contribution in [0.1, 0.15) is 34.2 Å². The summed E-state index contributed by atoms with van der Waals surface area (Å²) in [6.07, 6.45) is 1.25. The van der Waals surface area contributed by atoms with E-state index < -0.39 is 12.0 Å². The van der Waals surface area contributed by atoms with E-state index in [4.69, 9.17) is 13.9 Å². The second kappa shape index (κ2) is 7.59. The lowest BCUT2D eigenvalue weighted by Crippen LogP contribution is -2.25. The summed E-state index contributed by atoms with van der Waals surface area (Å²) in [5.74, 6) is 0.475. The minimum Gasteiger partial charge on any atom is -0.508 e. The number of hydrogen-bond donors (Lipinski definition) is 3. The number of nitrogens with one attached hydrogen (secondary N) is 1. The van der Waals surface area contributed by atoms with Crippen LogP contribution in [0.4, 0.5) is 0 Å². The molecule has 0 spiro atoms. The molecule has 0 saturated carbocycles. The van der Waals surface area contributed by atoms with Gasteiger partial charge in [0.2, 0.25) is 0 Å². The molecule has 148 valence electrons. The van der Waals surface area contributed by atoms with Gasteiger partial charge in [-0.05, 0) is 29.8 Å². The Labute approximate surface area is 166 Å². The molecule has 1 atom stereocenters. The summed E-state index contributed by atoms with van der Waals surface area (Å²) in [5, 5.41) is 24.2. The Kier molecular flexibility index (Phi) is 4.82. The summed E-state index contributed by atoms with van der Waals surface area (Å²) >= 11 is 0. The van der Waals surface area contributed by atoms with Crippen molar-refractivity contribution in [3.63, 3.8) is 0 Å². The molecule has 1 aliphatic heterocycles. The number of amides is 1. The lowest BCUT2D eigenvalue weighted by Gasteiger charge is -2.28. The van der Waals surface area contributed by atoms with Gasteiger partial charge in [0.15, 0.2) is 5.76 Å². The summed E-state index contributed by atoms with van der Waals surface area (Å²) in [4.78, 5) is 12.2. The second-order valence-electron chi connectivity index (χ2n) is 6.40. The number of nitrogens with zero attached hydrogens (tertiary/aromatic N) is 1. The molecule has 2 heterocycles. The number of hydrogen-bond acceptors (Lipinski definition) is 7. The Morgan fingerprint density at radius 3 is 2.69 bits per heavy atom. The molecular weight excluding hydrogens is 376 g/mol. The van der Waals surface area contributed by atoms with Gasteiger partial charge in [-0.1, -0.05) is 12.1 Å². The molecular formula is C21H18N2O6. The molecule has 0 radical (unpaired) electrons. The number of carbonyl (C=O) groups excluding carboxylic acids is 1. The van der Waals surface area contributed by atoms with E-state index in [2.05, 4.69) is 10.5 Å². The highest BCUT2D eigenvalue weighted by Gasteiger charge is 2.30. The number of benzene rings is 2. The Bertz CT molecular complexity index is 1060. The predicted molar refractivity (Wildman–Crippen MR) is 103 cm³/mol. The molecule has 0 bridgehead atoms. The minimum absolute atomic E-state index is 0.0745. The zero-order chi connectivity index (χ0) is 20.4. The third kappa shape index (κ3) is 3.73. The monoisotopic (exact) mass is 394 g/mol. The van der Waals surface area contributed by atoms with Gasteiger partial charge in [-0.25, -0.2) is 5.43 Å². The molecule has 1 amide bonds. The van der Waals surface area contributed by atoms with E-state index in [0.717, 1.165) is 5.56 Å². The highest BCUT2D eigenvalue weighted by atomic mass is 16.5. The first-order valence-electron chi connectivity index (χ1n) is 8.82.